The quantitative estimate of drug-likeness (QED) is 0.925. The van der Waals surface area contributed by atoms with E-state index >= 15 is 0 Å². The summed E-state index contributed by atoms with van der Waals surface area (Å²) < 4.78 is 23.1. The molecular weight excluding hydrogens is 283 g/mol. The first-order valence-corrected chi connectivity index (χ1v) is 7.23. The number of sulfone groups is 1. The molecule has 0 unspecified atom stereocenters. The van der Waals surface area contributed by atoms with E-state index in [1.165, 1.54) is 6.20 Å². The van der Waals surface area contributed by atoms with Crippen molar-refractivity contribution in [2.45, 2.75) is 4.90 Å². The maximum Gasteiger partial charge on any atom is 0.179 e. The molecule has 1 aromatic heterocycles. The Bertz CT molecular complexity index is 665. The van der Waals surface area contributed by atoms with Crippen LogP contribution in [0.15, 0.2) is 29.3 Å². The Morgan fingerprint density at radius 2 is 2.00 bits per heavy atom. The summed E-state index contributed by atoms with van der Waals surface area (Å²) in [4.78, 5) is 0.113. The van der Waals surface area contributed by atoms with Crippen molar-refractivity contribution < 1.29 is 8.42 Å². The summed E-state index contributed by atoms with van der Waals surface area (Å²) in [5.74, 6) is 0. The molecule has 0 spiro atoms. The predicted octanol–water partition coefficient (Wildman–Crippen LogP) is 2.79. The van der Waals surface area contributed by atoms with Gasteiger partial charge in [0, 0.05) is 16.8 Å². The Kier molecular flexibility index (Phi) is 3.16. The van der Waals surface area contributed by atoms with Gasteiger partial charge in [0.2, 0.25) is 0 Å². The lowest BCUT2D eigenvalue weighted by molar-refractivity contribution is 0.602. The summed E-state index contributed by atoms with van der Waals surface area (Å²) >= 11 is 11.8. The van der Waals surface area contributed by atoms with Gasteiger partial charge in [0.15, 0.2) is 9.84 Å². The fraction of sp³-hybridized carbons (Fsp3) is 0.100. The van der Waals surface area contributed by atoms with E-state index in [0.29, 0.717) is 21.3 Å². The number of hydrogen-bond acceptors (Lipinski definition) is 3. The van der Waals surface area contributed by atoms with Crippen molar-refractivity contribution in [2.24, 2.45) is 0 Å². The van der Waals surface area contributed by atoms with Crippen LogP contribution >= 0.6 is 23.2 Å². The van der Waals surface area contributed by atoms with E-state index in [0.717, 1.165) is 6.26 Å². The molecule has 17 heavy (non-hydrogen) atoms. The third kappa shape index (κ3) is 2.46. The summed E-state index contributed by atoms with van der Waals surface area (Å²) in [6.45, 7) is 0. The lowest BCUT2D eigenvalue weighted by Crippen LogP contribution is -1.97. The molecule has 1 heterocycles. The third-order valence-corrected chi connectivity index (χ3v) is 3.86. The van der Waals surface area contributed by atoms with Gasteiger partial charge in [0.1, 0.15) is 4.90 Å². The van der Waals surface area contributed by atoms with Crippen LogP contribution < -0.4 is 0 Å². The van der Waals surface area contributed by atoms with Gasteiger partial charge in [-0.2, -0.15) is 5.10 Å². The lowest BCUT2D eigenvalue weighted by atomic mass is 10.1. The zero-order valence-corrected chi connectivity index (χ0v) is 11.1. The third-order valence-electron chi connectivity index (χ3n) is 2.20. The number of hydrogen-bond donors (Lipinski definition) is 1. The summed E-state index contributed by atoms with van der Waals surface area (Å²) in [7, 11) is -3.35. The molecule has 0 amide bonds. The van der Waals surface area contributed by atoms with Gasteiger partial charge in [0.05, 0.1) is 16.9 Å². The molecule has 0 saturated carbocycles. The first-order chi connectivity index (χ1) is 7.89. The van der Waals surface area contributed by atoms with Gasteiger partial charge in [-0.1, -0.05) is 23.2 Å². The summed E-state index contributed by atoms with van der Waals surface area (Å²) in [5, 5.41) is 7.22. The van der Waals surface area contributed by atoms with E-state index < -0.39 is 9.84 Å². The molecule has 1 N–H and O–H groups in total. The van der Waals surface area contributed by atoms with Crippen LogP contribution in [0.1, 0.15) is 0 Å². The molecule has 0 aliphatic heterocycles. The lowest BCUT2D eigenvalue weighted by Gasteiger charge is -2.04. The number of H-pyrrole nitrogens is 1. The number of aromatic amines is 1. The molecule has 90 valence electrons. The molecule has 2 aromatic rings. The van der Waals surface area contributed by atoms with Crippen LogP contribution in [0.3, 0.4) is 0 Å². The average molecular weight is 291 g/mol. The van der Waals surface area contributed by atoms with Crippen LogP contribution in [0.4, 0.5) is 0 Å². The molecule has 0 bridgehead atoms. The molecule has 4 nitrogen and oxygen atoms in total. The average Bonchev–Trinajstić information content (AvgIpc) is 2.65. The Labute approximate surface area is 108 Å². The van der Waals surface area contributed by atoms with E-state index in [2.05, 4.69) is 10.2 Å². The first kappa shape index (κ1) is 12.4. The molecule has 0 radical (unpaired) electrons. The second kappa shape index (κ2) is 4.33. The second-order valence-corrected chi connectivity index (χ2v) is 6.33. The van der Waals surface area contributed by atoms with Crippen LogP contribution in [0, 0.1) is 0 Å². The van der Waals surface area contributed by atoms with E-state index in [1.54, 1.807) is 18.2 Å². The highest BCUT2D eigenvalue weighted by Gasteiger charge is 2.18. The fourth-order valence-electron chi connectivity index (χ4n) is 1.44. The van der Waals surface area contributed by atoms with Crippen molar-refractivity contribution >= 4 is 33.0 Å². The highest BCUT2D eigenvalue weighted by Crippen LogP contribution is 2.32. The normalized spacial score (nSPS) is 11.7. The van der Waals surface area contributed by atoms with Gasteiger partial charge in [-0.15, -0.1) is 0 Å². The van der Waals surface area contributed by atoms with Gasteiger partial charge < -0.3 is 0 Å². The van der Waals surface area contributed by atoms with E-state index in [-0.39, 0.29) is 4.90 Å². The topological polar surface area (TPSA) is 62.8 Å². The Morgan fingerprint density at radius 1 is 1.29 bits per heavy atom. The number of halogens is 2. The maximum atomic E-state index is 11.5. The van der Waals surface area contributed by atoms with E-state index in [1.807, 2.05) is 0 Å². The molecule has 0 aliphatic carbocycles. The zero-order valence-electron chi connectivity index (χ0n) is 8.74. The smallest absolute Gasteiger partial charge is 0.179 e. The molecule has 7 heteroatoms. The minimum Gasteiger partial charge on any atom is -0.276 e. The molecular formula is C10H8Cl2N2O2S. The number of benzene rings is 1. The Morgan fingerprint density at radius 3 is 2.59 bits per heavy atom. The highest BCUT2D eigenvalue weighted by atomic mass is 35.5. The molecule has 0 aliphatic rings. The van der Waals surface area contributed by atoms with Crippen LogP contribution in [-0.4, -0.2) is 24.9 Å². The van der Waals surface area contributed by atoms with Gasteiger partial charge >= 0.3 is 0 Å². The molecule has 0 atom stereocenters. The minimum absolute atomic E-state index is 0.113. The monoisotopic (exact) mass is 290 g/mol. The Balaban J connectivity index is 2.66. The minimum atomic E-state index is -3.35. The van der Waals surface area contributed by atoms with Crippen molar-refractivity contribution in [3.63, 3.8) is 0 Å². The molecule has 1 aromatic carbocycles. The highest BCUT2D eigenvalue weighted by molar-refractivity contribution is 7.90. The maximum absolute atomic E-state index is 11.5. The van der Waals surface area contributed by atoms with Crippen molar-refractivity contribution in [2.75, 3.05) is 6.26 Å². The zero-order chi connectivity index (χ0) is 12.6. The fourth-order valence-corrected chi connectivity index (χ4v) is 2.71. The largest absolute Gasteiger partial charge is 0.276 e. The van der Waals surface area contributed by atoms with Crippen molar-refractivity contribution in [3.8, 4) is 11.3 Å². The van der Waals surface area contributed by atoms with Crippen LogP contribution in [0.2, 0.25) is 10.0 Å². The molecule has 2 rings (SSSR count). The Hall–Kier alpha value is -1.04. The van der Waals surface area contributed by atoms with Gasteiger partial charge in [-0.05, 0) is 18.2 Å². The van der Waals surface area contributed by atoms with Crippen LogP contribution in [0.25, 0.3) is 11.3 Å². The number of nitrogens with one attached hydrogen (secondary N) is 1. The van der Waals surface area contributed by atoms with Crippen LogP contribution in [0.5, 0.6) is 0 Å². The summed E-state index contributed by atoms with van der Waals surface area (Å²) in [6, 6.07) is 4.83. The molecule has 0 fully saturated rings. The first-order valence-electron chi connectivity index (χ1n) is 4.58. The number of nitrogens with zero attached hydrogens (tertiary/aromatic N) is 1. The van der Waals surface area contributed by atoms with Gasteiger partial charge in [0.25, 0.3) is 0 Å². The predicted molar refractivity (Wildman–Crippen MR) is 67.2 cm³/mol. The van der Waals surface area contributed by atoms with Crippen molar-refractivity contribution in [1.29, 1.82) is 0 Å². The second-order valence-electron chi connectivity index (χ2n) is 3.51. The standard InChI is InChI=1S/C10H8Cl2N2O2S/c1-17(15,16)9-5-13-14-10(9)7-3-2-6(11)4-8(7)12/h2-5H,1H3,(H,13,14). The van der Waals surface area contributed by atoms with E-state index in [4.69, 9.17) is 23.2 Å². The van der Waals surface area contributed by atoms with E-state index in [9.17, 15) is 8.42 Å². The summed E-state index contributed by atoms with van der Waals surface area (Å²) in [6.07, 6.45) is 2.38. The van der Waals surface area contributed by atoms with Crippen LogP contribution in [-0.2, 0) is 9.84 Å². The molecule has 0 saturated heterocycles. The summed E-state index contributed by atoms with van der Waals surface area (Å²) in [5.41, 5.74) is 0.920. The van der Waals surface area contributed by atoms with Gasteiger partial charge in [-0.25, -0.2) is 8.42 Å². The number of rotatable bonds is 2. The number of aromatic nitrogens is 2. The van der Waals surface area contributed by atoms with Crippen molar-refractivity contribution in [3.05, 3.63) is 34.4 Å². The van der Waals surface area contributed by atoms with Gasteiger partial charge in [-0.3, -0.25) is 5.10 Å². The SMILES string of the molecule is CS(=O)(=O)c1cn[nH]c1-c1ccc(Cl)cc1Cl. The van der Waals surface area contributed by atoms with Crippen molar-refractivity contribution in [1.82, 2.24) is 10.2 Å².